The second-order valence-electron chi connectivity index (χ2n) is 6.68. The zero-order valence-corrected chi connectivity index (χ0v) is 17.3. The predicted octanol–water partition coefficient (Wildman–Crippen LogP) is 4.48. The van der Waals surface area contributed by atoms with Gasteiger partial charge >= 0.3 is 6.18 Å². The van der Waals surface area contributed by atoms with E-state index < -0.39 is 32.7 Å². The Morgan fingerprint density at radius 3 is 2.40 bits per heavy atom. The molecule has 0 radical (unpaired) electrons. The number of nitrogens with zero attached hydrogens (tertiary/aromatic N) is 3. The number of hydrogen-bond acceptors (Lipinski definition) is 6. The standard InChI is InChI=1S/C18H16ClF3N4O3S/c1-10(2)15(17-24-16(25-29-17)11-5-7-23-8-6-11)26-30(27,28)14-9-12(18(20,21)22)3-4-13(14)19/h3-10,15,26H,1-2H3. The van der Waals surface area contributed by atoms with Crippen molar-refractivity contribution in [3.8, 4) is 11.4 Å². The Labute approximate surface area is 175 Å². The summed E-state index contributed by atoms with van der Waals surface area (Å²) in [5.41, 5.74) is -0.530. The lowest BCUT2D eigenvalue weighted by molar-refractivity contribution is -0.137. The van der Waals surface area contributed by atoms with E-state index in [-0.39, 0.29) is 22.7 Å². The summed E-state index contributed by atoms with van der Waals surface area (Å²) in [6.07, 6.45) is -1.66. The molecule has 0 saturated heterocycles. The topological polar surface area (TPSA) is 98.0 Å². The Morgan fingerprint density at radius 2 is 1.80 bits per heavy atom. The van der Waals surface area contributed by atoms with Gasteiger partial charge in [0.1, 0.15) is 10.9 Å². The van der Waals surface area contributed by atoms with Crippen molar-refractivity contribution in [2.24, 2.45) is 5.92 Å². The maximum Gasteiger partial charge on any atom is 0.416 e. The van der Waals surface area contributed by atoms with Crippen molar-refractivity contribution in [3.05, 3.63) is 59.2 Å². The van der Waals surface area contributed by atoms with Crippen LogP contribution in [-0.4, -0.2) is 23.5 Å². The number of sulfonamides is 1. The van der Waals surface area contributed by atoms with Crippen LogP contribution in [0, 0.1) is 5.92 Å². The zero-order valence-electron chi connectivity index (χ0n) is 15.7. The first-order valence-electron chi connectivity index (χ1n) is 8.62. The molecule has 2 aromatic heterocycles. The molecule has 0 aliphatic rings. The van der Waals surface area contributed by atoms with Crippen LogP contribution in [0.5, 0.6) is 0 Å². The van der Waals surface area contributed by atoms with E-state index in [4.69, 9.17) is 16.1 Å². The molecule has 0 aliphatic heterocycles. The molecule has 0 spiro atoms. The van der Waals surface area contributed by atoms with Crippen LogP contribution in [0.3, 0.4) is 0 Å². The molecule has 1 N–H and O–H groups in total. The average molecular weight is 461 g/mol. The van der Waals surface area contributed by atoms with Gasteiger partial charge in [-0.1, -0.05) is 30.6 Å². The molecule has 1 atom stereocenters. The molecular formula is C18H16ClF3N4O3S. The number of benzene rings is 1. The Morgan fingerprint density at radius 1 is 1.13 bits per heavy atom. The molecule has 0 fully saturated rings. The number of halogens is 4. The highest BCUT2D eigenvalue weighted by atomic mass is 35.5. The van der Waals surface area contributed by atoms with Crippen molar-refractivity contribution in [1.29, 1.82) is 0 Å². The predicted molar refractivity (Wildman–Crippen MR) is 102 cm³/mol. The molecule has 12 heteroatoms. The first kappa shape index (κ1) is 22.2. The largest absolute Gasteiger partial charge is 0.416 e. The van der Waals surface area contributed by atoms with E-state index in [9.17, 15) is 21.6 Å². The lowest BCUT2D eigenvalue weighted by Gasteiger charge is -2.19. The maximum absolute atomic E-state index is 13.0. The smallest absolute Gasteiger partial charge is 0.337 e. The SMILES string of the molecule is CC(C)C(NS(=O)(=O)c1cc(C(F)(F)F)ccc1Cl)c1nc(-c2ccncc2)no1. The van der Waals surface area contributed by atoms with Gasteiger partial charge in [0.2, 0.25) is 21.7 Å². The lowest BCUT2D eigenvalue weighted by Crippen LogP contribution is -2.32. The molecule has 0 amide bonds. The minimum atomic E-state index is -4.72. The summed E-state index contributed by atoms with van der Waals surface area (Å²) < 4.78 is 72.2. The number of nitrogens with one attached hydrogen (secondary N) is 1. The third kappa shape index (κ3) is 4.79. The summed E-state index contributed by atoms with van der Waals surface area (Å²) in [5.74, 6) is -0.187. The highest BCUT2D eigenvalue weighted by molar-refractivity contribution is 7.89. The molecule has 30 heavy (non-hydrogen) atoms. The average Bonchev–Trinajstić information content (AvgIpc) is 3.16. The number of rotatable bonds is 6. The lowest BCUT2D eigenvalue weighted by atomic mass is 10.1. The van der Waals surface area contributed by atoms with Gasteiger partial charge in [0.25, 0.3) is 0 Å². The van der Waals surface area contributed by atoms with Crippen LogP contribution in [0.1, 0.15) is 31.3 Å². The van der Waals surface area contributed by atoms with E-state index in [2.05, 4.69) is 19.8 Å². The van der Waals surface area contributed by atoms with Crippen LogP contribution in [0.15, 0.2) is 52.1 Å². The molecule has 7 nitrogen and oxygen atoms in total. The van der Waals surface area contributed by atoms with Gasteiger partial charge in [0, 0.05) is 18.0 Å². The van der Waals surface area contributed by atoms with Gasteiger partial charge in [-0.05, 0) is 36.2 Å². The van der Waals surface area contributed by atoms with E-state index in [0.29, 0.717) is 17.7 Å². The summed E-state index contributed by atoms with van der Waals surface area (Å²) in [5, 5.41) is 3.49. The molecule has 3 rings (SSSR count). The highest BCUT2D eigenvalue weighted by Gasteiger charge is 2.34. The molecule has 1 unspecified atom stereocenters. The van der Waals surface area contributed by atoms with E-state index in [0.717, 1.165) is 6.07 Å². The molecular weight excluding hydrogens is 445 g/mol. The molecule has 0 bridgehead atoms. The summed E-state index contributed by atoms with van der Waals surface area (Å²) >= 11 is 5.88. The summed E-state index contributed by atoms with van der Waals surface area (Å²) in [7, 11) is -4.44. The van der Waals surface area contributed by atoms with Crippen molar-refractivity contribution in [1.82, 2.24) is 19.8 Å². The van der Waals surface area contributed by atoms with Crippen molar-refractivity contribution in [2.45, 2.75) is 31.0 Å². The van der Waals surface area contributed by atoms with Crippen LogP contribution in [-0.2, 0) is 16.2 Å². The fourth-order valence-electron chi connectivity index (χ4n) is 2.57. The van der Waals surface area contributed by atoms with Crippen molar-refractivity contribution < 1.29 is 26.1 Å². The minimum absolute atomic E-state index is 0.0384. The Kier molecular flexibility index (Phi) is 6.16. The van der Waals surface area contributed by atoms with Gasteiger partial charge < -0.3 is 4.52 Å². The molecule has 2 heterocycles. The quantitative estimate of drug-likeness (QED) is 0.582. The van der Waals surface area contributed by atoms with Crippen molar-refractivity contribution >= 4 is 21.6 Å². The maximum atomic E-state index is 13.0. The van der Waals surface area contributed by atoms with E-state index >= 15 is 0 Å². The third-order valence-electron chi connectivity index (χ3n) is 4.14. The number of aromatic nitrogens is 3. The van der Waals surface area contributed by atoms with Crippen LogP contribution in [0.25, 0.3) is 11.4 Å². The number of hydrogen-bond donors (Lipinski definition) is 1. The van der Waals surface area contributed by atoms with E-state index in [1.54, 1.807) is 26.0 Å². The van der Waals surface area contributed by atoms with Crippen molar-refractivity contribution in [3.63, 3.8) is 0 Å². The van der Waals surface area contributed by atoms with Crippen molar-refractivity contribution in [2.75, 3.05) is 0 Å². The molecule has 160 valence electrons. The first-order valence-corrected chi connectivity index (χ1v) is 10.5. The third-order valence-corrected chi connectivity index (χ3v) is 6.07. The molecule has 0 saturated carbocycles. The number of alkyl halides is 3. The van der Waals surface area contributed by atoms with Crippen LogP contribution in [0.2, 0.25) is 5.02 Å². The summed E-state index contributed by atoms with van der Waals surface area (Å²) in [6, 6.07) is 4.37. The fourth-order valence-corrected chi connectivity index (χ4v) is 4.43. The molecule has 1 aromatic carbocycles. The van der Waals surface area contributed by atoms with Gasteiger partial charge in [-0.15, -0.1) is 0 Å². The fraction of sp³-hybridized carbons (Fsp3) is 0.278. The van der Waals surface area contributed by atoms with Gasteiger partial charge in [0.05, 0.1) is 10.6 Å². The van der Waals surface area contributed by atoms with Gasteiger partial charge in [-0.25, -0.2) is 8.42 Å². The van der Waals surface area contributed by atoms with Crippen LogP contribution >= 0.6 is 11.6 Å². The zero-order chi connectivity index (χ0) is 22.1. The molecule has 0 aliphatic carbocycles. The minimum Gasteiger partial charge on any atom is -0.337 e. The van der Waals surface area contributed by atoms with Gasteiger partial charge in [0.15, 0.2) is 0 Å². The highest BCUT2D eigenvalue weighted by Crippen LogP contribution is 2.34. The molecule has 3 aromatic rings. The van der Waals surface area contributed by atoms with E-state index in [1.807, 2.05) is 0 Å². The van der Waals surface area contributed by atoms with Crippen LogP contribution in [0.4, 0.5) is 13.2 Å². The summed E-state index contributed by atoms with van der Waals surface area (Å²) in [4.78, 5) is 7.40. The van der Waals surface area contributed by atoms with E-state index in [1.165, 1.54) is 12.4 Å². The van der Waals surface area contributed by atoms with Crippen LogP contribution < -0.4 is 4.72 Å². The normalized spacial score (nSPS) is 13.6. The van der Waals surface area contributed by atoms with Gasteiger partial charge in [-0.3, -0.25) is 4.98 Å². The summed E-state index contributed by atoms with van der Waals surface area (Å²) in [6.45, 7) is 3.38. The monoisotopic (exact) mass is 460 g/mol. The Balaban J connectivity index is 1.95. The second kappa shape index (κ2) is 8.32. The first-order chi connectivity index (χ1) is 14.0. The van der Waals surface area contributed by atoms with Gasteiger partial charge in [-0.2, -0.15) is 22.9 Å². The number of pyridine rings is 1. The second-order valence-corrected chi connectivity index (χ2v) is 8.77. The Hall–Kier alpha value is -2.50. The Bertz CT molecular complexity index is 1140.